The maximum absolute atomic E-state index is 2.45. The topological polar surface area (TPSA) is 6.25 Å². The minimum absolute atomic E-state index is 0. The van der Waals surface area contributed by atoms with Gasteiger partial charge < -0.3 is 12.4 Å². The van der Waals surface area contributed by atoms with E-state index in [0.29, 0.717) is 0 Å². The zero-order valence-electron chi connectivity index (χ0n) is 16.1. The fourth-order valence-corrected chi connectivity index (χ4v) is 3.90. The van der Waals surface area contributed by atoms with Crippen LogP contribution in [0, 0.1) is 34.6 Å². The summed E-state index contributed by atoms with van der Waals surface area (Å²) in [6, 6.07) is 11.4. The summed E-state index contributed by atoms with van der Waals surface area (Å²) in [5, 5.41) is 0. The van der Waals surface area contributed by atoms with Crippen LogP contribution in [0.2, 0.25) is 0 Å². The van der Waals surface area contributed by atoms with Crippen molar-refractivity contribution in [1.29, 1.82) is 0 Å². The van der Waals surface area contributed by atoms with Crippen molar-refractivity contribution in [2.24, 2.45) is 0 Å². The Balaban J connectivity index is 0.00000225. The van der Waals surface area contributed by atoms with Gasteiger partial charge in [-0.3, -0.25) is 9.48 Å². The van der Waals surface area contributed by atoms with Crippen molar-refractivity contribution in [3.05, 3.63) is 69.3 Å². The highest BCUT2D eigenvalue weighted by Crippen LogP contribution is 2.19. The van der Waals surface area contributed by atoms with Crippen LogP contribution in [0.15, 0.2) is 30.3 Å². The third kappa shape index (κ3) is 4.85. The third-order valence-corrected chi connectivity index (χ3v) is 4.87. The fraction of sp³-hybridized carbons (Fsp3) is 0.409. The van der Waals surface area contributed by atoms with Crippen LogP contribution in [-0.2, 0) is 13.1 Å². The van der Waals surface area contributed by atoms with E-state index in [4.69, 9.17) is 0 Å². The standard InChI is InChI=1S/C22H29N2.ClH/c1-16-8-17(2)12-21(11-16)13-23-6-7-24(15-23)14-22-19(4)9-18(3)10-20(22)5;/h8-12,15H,6-7,13-14H2,1-5H3;1H/q+1;/p-1. The highest BCUT2D eigenvalue weighted by Gasteiger charge is 2.21. The summed E-state index contributed by atoms with van der Waals surface area (Å²) in [5.74, 6) is 0. The molecule has 1 aliphatic heterocycles. The molecule has 0 saturated heterocycles. The Bertz CT molecular complexity index is 749. The molecule has 1 heterocycles. The van der Waals surface area contributed by atoms with E-state index >= 15 is 0 Å². The molecule has 2 aromatic carbocycles. The average Bonchev–Trinajstić information content (AvgIpc) is 2.89. The lowest BCUT2D eigenvalue weighted by Crippen LogP contribution is -3.00. The lowest BCUT2D eigenvalue weighted by Gasteiger charge is -2.13. The molecular weight excluding hydrogens is 328 g/mol. The normalized spacial score (nSPS) is 13.6. The second-order valence-electron chi connectivity index (χ2n) is 7.43. The first-order valence-electron chi connectivity index (χ1n) is 8.88. The first-order chi connectivity index (χ1) is 11.4. The van der Waals surface area contributed by atoms with Gasteiger partial charge in [-0.2, -0.15) is 0 Å². The molecule has 2 aromatic rings. The zero-order chi connectivity index (χ0) is 17.3. The van der Waals surface area contributed by atoms with Crippen LogP contribution >= 0.6 is 0 Å². The molecule has 3 heteroatoms. The Labute approximate surface area is 158 Å². The molecule has 2 nitrogen and oxygen atoms in total. The molecule has 134 valence electrons. The first kappa shape index (κ1) is 19.5. The van der Waals surface area contributed by atoms with Crippen LogP contribution in [0.25, 0.3) is 0 Å². The molecule has 1 aliphatic rings. The molecule has 0 bridgehead atoms. The SMILES string of the molecule is Cc1cc(C)cc(C[N+]2=CN(Cc3c(C)cc(C)cc3C)CC2)c1.[Cl-]. The zero-order valence-corrected chi connectivity index (χ0v) is 16.8. The lowest BCUT2D eigenvalue weighted by molar-refractivity contribution is -0.530. The number of hydrogen-bond acceptors (Lipinski definition) is 1. The predicted molar refractivity (Wildman–Crippen MR) is 102 cm³/mol. The van der Waals surface area contributed by atoms with Crippen molar-refractivity contribution < 1.29 is 17.0 Å². The molecule has 0 radical (unpaired) electrons. The Morgan fingerprint density at radius 3 is 2.00 bits per heavy atom. The van der Waals surface area contributed by atoms with Gasteiger partial charge in [0.2, 0.25) is 6.34 Å². The molecular formula is C22H29ClN2. The molecule has 0 aliphatic carbocycles. The first-order valence-corrected chi connectivity index (χ1v) is 8.88. The molecule has 0 N–H and O–H groups in total. The molecule has 0 aromatic heterocycles. The summed E-state index contributed by atoms with van der Waals surface area (Å²) in [6.07, 6.45) is 2.32. The molecule has 0 unspecified atom stereocenters. The maximum Gasteiger partial charge on any atom is 0.234 e. The van der Waals surface area contributed by atoms with Crippen molar-refractivity contribution in [2.75, 3.05) is 13.1 Å². The highest BCUT2D eigenvalue weighted by atomic mass is 35.5. The predicted octanol–water partition coefficient (Wildman–Crippen LogP) is 1.29. The molecule has 0 spiro atoms. The van der Waals surface area contributed by atoms with Gasteiger partial charge >= 0.3 is 0 Å². The Morgan fingerprint density at radius 2 is 1.40 bits per heavy atom. The van der Waals surface area contributed by atoms with Crippen LogP contribution in [0.1, 0.15) is 38.9 Å². The smallest absolute Gasteiger partial charge is 0.234 e. The lowest BCUT2D eigenvalue weighted by atomic mass is 9.99. The van der Waals surface area contributed by atoms with Crippen LogP contribution in [0.3, 0.4) is 0 Å². The molecule has 0 atom stereocenters. The van der Waals surface area contributed by atoms with E-state index in [9.17, 15) is 0 Å². The number of halogens is 1. The number of benzene rings is 2. The minimum atomic E-state index is 0. The maximum atomic E-state index is 2.45. The van der Waals surface area contributed by atoms with Gasteiger partial charge in [-0.25, -0.2) is 0 Å². The molecule has 3 rings (SSSR count). The molecule has 0 fully saturated rings. The van der Waals surface area contributed by atoms with Gasteiger partial charge in [0.15, 0.2) is 0 Å². The monoisotopic (exact) mass is 356 g/mol. The summed E-state index contributed by atoms with van der Waals surface area (Å²) < 4.78 is 2.44. The van der Waals surface area contributed by atoms with Crippen LogP contribution in [0.5, 0.6) is 0 Å². The van der Waals surface area contributed by atoms with Gasteiger partial charge in [0.1, 0.15) is 26.2 Å². The Kier molecular flexibility index (Phi) is 6.29. The number of aryl methyl sites for hydroxylation is 5. The van der Waals surface area contributed by atoms with Gasteiger partial charge in [-0.05, 0) is 56.9 Å². The van der Waals surface area contributed by atoms with Crippen molar-refractivity contribution in [2.45, 2.75) is 47.7 Å². The summed E-state index contributed by atoms with van der Waals surface area (Å²) in [5.41, 5.74) is 9.77. The Hall–Kier alpha value is -1.80. The molecule has 25 heavy (non-hydrogen) atoms. The van der Waals surface area contributed by atoms with Gasteiger partial charge in [-0.1, -0.05) is 47.0 Å². The summed E-state index contributed by atoms with van der Waals surface area (Å²) in [4.78, 5) is 2.45. The van der Waals surface area contributed by atoms with Crippen molar-refractivity contribution in [1.82, 2.24) is 4.90 Å². The van der Waals surface area contributed by atoms with E-state index in [0.717, 1.165) is 26.2 Å². The second-order valence-corrected chi connectivity index (χ2v) is 7.43. The van der Waals surface area contributed by atoms with Crippen LogP contribution in [-0.4, -0.2) is 28.9 Å². The van der Waals surface area contributed by atoms with Gasteiger partial charge in [0.25, 0.3) is 0 Å². The van der Waals surface area contributed by atoms with Crippen molar-refractivity contribution in [3.63, 3.8) is 0 Å². The third-order valence-electron chi connectivity index (χ3n) is 4.87. The van der Waals surface area contributed by atoms with E-state index in [-0.39, 0.29) is 12.4 Å². The van der Waals surface area contributed by atoms with E-state index < -0.39 is 0 Å². The van der Waals surface area contributed by atoms with Crippen LogP contribution < -0.4 is 12.4 Å². The van der Waals surface area contributed by atoms with Crippen molar-refractivity contribution >= 4 is 6.34 Å². The number of nitrogens with zero attached hydrogens (tertiary/aromatic N) is 2. The van der Waals surface area contributed by atoms with E-state index in [1.807, 2.05) is 0 Å². The second kappa shape index (κ2) is 8.05. The summed E-state index contributed by atoms with van der Waals surface area (Å²) in [7, 11) is 0. The van der Waals surface area contributed by atoms with Crippen molar-refractivity contribution in [3.8, 4) is 0 Å². The Morgan fingerprint density at radius 1 is 0.840 bits per heavy atom. The minimum Gasteiger partial charge on any atom is -1.00 e. The van der Waals surface area contributed by atoms with Gasteiger partial charge in [0, 0.05) is 0 Å². The number of rotatable bonds is 4. The van der Waals surface area contributed by atoms with E-state index in [1.54, 1.807) is 0 Å². The van der Waals surface area contributed by atoms with Crippen LogP contribution in [0.4, 0.5) is 0 Å². The average molecular weight is 357 g/mol. The highest BCUT2D eigenvalue weighted by molar-refractivity contribution is 5.51. The molecule has 0 saturated carbocycles. The van der Waals surface area contributed by atoms with Gasteiger partial charge in [0.05, 0.1) is 0 Å². The molecule has 0 amide bonds. The van der Waals surface area contributed by atoms with Gasteiger partial charge in [-0.15, -0.1) is 0 Å². The van der Waals surface area contributed by atoms with E-state index in [2.05, 4.69) is 80.8 Å². The quantitative estimate of drug-likeness (QED) is 0.748. The summed E-state index contributed by atoms with van der Waals surface area (Å²) >= 11 is 0. The van der Waals surface area contributed by atoms with E-state index in [1.165, 1.54) is 38.9 Å². The fourth-order valence-electron chi connectivity index (χ4n) is 3.90. The number of hydrogen-bond donors (Lipinski definition) is 0. The summed E-state index contributed by atoms with van der Waals surface area (Å²) in [6.45, 7) is 15.2. The largest absolute Gasteiger partial charge is 1.00 e.